The molecule has 1 unspecified atom stereocenters. The molecule has 0 aromatic heterocycles. The molecule has 1 atom stereocenters. The maximum absolute atomic E-state index is 12.8. The predicted molar refractivity (Wildman–Crippen MR) is 103 cm³/mol. The lowest BCUT2D eigenvalue weighted by Gasteiger charge is -2.32. The average molecular weight is 396 g/mol. The van der Waals surface area contributed by atoms with Gasteiger partial charge in [0, 0.05) is 31.2 Å². The number of morpholine rings is 1. The summed E-state index contributed by atoms with van der Waals surface area (Å²) in [7, 11) is -3.60. The Bertz CT molecular complexity index is 741. The van der Waals surface area contributed by atoms with Crippen LogP contribution in [0, 0.1) is 0 Å². The summed E-state index contributed by atoms with van der Waals surface area (Å²) in [5, 5.41) is 2.95. The SMILES string of the molecule is CC(CNC(=O)c1cccc(S(=O)(=O)N2CCOCC2)c1)N1CCCCC1. The fourth-order valence-corrected chi connectivity index (χ4v) is 5.02. The first-order valence-corrected chi connectivity index (χ1v) is 11.1. The van der Waals surface area contributed by atoms with Crippen molar-refractivity contribution in [1.82, 2.24) is 14.5 Å². The molecule has 0 aliphatic carbocycles. The molecule has 2 saturated heterocycles. The molecule has 2 fully saturated rings. The monoisotopic (exact) mass is 395 g/mol. The van der Waals surface area contributed by atoms with Crippen molar-refractivity contribution in [2.45, 2.75) is 37.1 Å². The van der Waals surface area contributed by atoms with Gasteiger partial charge in [0.05, 0.1) is 18.1 Å². The second-order valence-corrected chi connectivity index (χ2v) is 9.14. The van der Waals surface area contributed by atoms with Crippen LogP contribution in [-0.4, -0.2) is 75.5 Å². The van der Waals surface area contributed by atoms with E-state index in [9.17, 15) is 13.2 Å². The largest absolute Gasteiger partial charge is 0.379 e. The minimum absolute atomic E-state index is 0.154. The van der Waals surface area contributed by atoms with Gasteiger partial charge in [0.2, 0.25) is 10.0 Å². The quantitative estimate of drug-likeness (QED) is 0.786. The molecule has 1 amide bonds. The number of sulfonamides is 1. The van der Waals surface area contributed by atoms with Gasteiger partial charge >= 0.3 is 0 Å². The number of ether oxygens (including phenoxy) is 1. The summed E-state index contributed by atoms with van der Waals surface area (Å²) in [6, 6.07) is 6.55. The Morgan fingerprint density at radius 2 is 1.85 bits per heavy atom. The summed E-state index contributed by atoms with van der Waals surface area (Å²) in [6.07, 6.45) is 3.69. The van der Waals surface area contributed by atoms with Crippen LogP contribution in [0.3, 0.4) is 0 Å². The van der Waals surface area contributed by atoms with Crippen molar-refractivity contribution < 1.29 is 17.9 Å². The van der Waals surface area contributed by atoms with Crippen LogP contribution >= 0.6 is 0 Å². The molecule has 2 aliphatic heterocycles. The van der Waals surface area contributed by atoms with Gasteiger partial charge < -0.3 is 10.1 Å². The van der Waals surface area contributed by atoms with Crippen molar-refractivity contribution in [2.75, 3.05) is 45.9 Å². The van der Waals surface area contributed by atoms with Crippen LogP contribution in [0.25, 0.3) is 0 Å². The number of amides is 1. The van der Waals surface area contributed by atoms with Crippen molar-refractivity contribution in [3.05, 3.63) is 29.8 Å². The topological polar surface area (TPSA) is 79.0 Å². The first-order valence-electron chi connectivity index (χ1n) is 9.69. The van der Waals surface area contributed by atoms with Crippen molar-refractivity contribution in [1.29, 1.82) is 0 Å². The fourth-order valence-electron chi connectivity index (χ4n) is 3.56. The summed E-state index contributed by atoms with van der Waals surface area (Å²) in [4.78, 5) is 15.1. The summed E-state index contributed by atoms with van der Waals surface area (Å²) in [5.41, 5.74) is 0.371. The zero-order valence-electron chi connectivity index (χ0n) is 15.9. The Morgan fingerprint density at radius 1 is 1.15 bits per heavy atom. The zero-order chi connectivity index (χ0) is 19.3. The summed E-state index contributed by atoms with van der Waals surface area (Å²) in [6.45, 7) is 6.29. The molecule has 1 aromatic carbocycles. The third kappa shape index (κ3) is 5.07. The minimum atomic E-state index is -3.60. The zero-order valence-corrected chi connectivity index (χ0v) is 16.7. The van der Waals surface area contributed by atoms with Crippen LogP contribution in [0.5, 0.6) is 0 Å². The standard InChI is InChI=1S/C19H29N3O4S/c1-16(21-8-3-2-4-9-21)15-20-19(23)17-6-5-7-18(14-17)27(24,25)22-10-12-26-13-11-22/h5-7,14,16H,2-4,8-13,15H2,1H3,(H,20,23). The number of nitrogens with one attached hydrogen (secondary N) is 1. The number of piperidine rings is 1. The predicted octanol–water partition coefficient (Wildman–Crippen LogP) is 1.31. The molecule has 1 aromatic rings. The summed E-state index contributed by atoms with van der Waals surface area (Å²) < 4.78 is 32.2. The van der Waals surface area contributed by atoms with Gasteiger partial charge in [-0.05, 0) is 51.1 Å². The Hall–Kier alpha value is -1.48. The Kier molecular flexibility index (Phi) is 6.86. The highest BCUT2D eigenvalue weighted by Gasteiger charge is 2.27. The molecule has 1 N–H and O–H groups in total. The molecular formula is C19H29N3O4S. The van der Waals surface area contributed by atoms with E-state index in [0.29, 0.717) is 38.4 Å². The van der Waals surface area contributed by atoms with E-state index < -0.39 is 10.0 Å². The van der Waals surface area contributed by atoms with Crippen molar-refractivity contribution >= 4 is 15.9 Å². The van der Waals surface area contributed by atoms with E-state index in [-0.39, 0.29) is 16.8 Å². The van der Waals surface area contributed by atoms with Gasteiger partial charge in [0.15, 0.2) is 0 Å². The molecule has 27 heavy (non-hydrogen) atoms. The van der Waals surface area contributed by atoms with Gasteiger partial charge in [-0.25, -0.2) is 8.42 Å². The second kappa shape index (κ2) is 9.14. The highest BCUT2D eigenvalue weighted by molar-refractivity contribution is 7.89. The molecule has 0 spiro atoms. The lowest BCUT2D eigenvalue weighted by Crippen LogP contribution is -2.44. The van der Waals surface area contributed by atoms with Crippen molar-refractivity contribution in [3.8, 4) is 0 Å². The number of rotatable bonds is 6. The molecule has 3 rings (SSSR count). The van der Waals surface area contributed by atoms with Crippen molar-refractivity contribution in [2.24, 2.45) is 0 Å². The molecule has 150 valence electrons. The number of hydrogen-bond donors (Lipinski definition) is 1. The van der Waals surface area contributed by atoms with Crippen LogP contribution in [0.15, 0.2) is 29.2 Å². The van der Waals surface area contributed by atoms with Gasteiger partial charge in [-0.2, -0.15) is 4.31 Å². The molecule has 7 nitrogen and oxygen atoms in total. The molecular weight excluding hydrogens is 366 g/mol. The van der Waals surface area contributed by atoms with E-state index in [0.717, 1.165) is 13.1 Å². The van der Waals surface area contributed by atoms with E-state index in [1.54, 1.807) is 12.1 Å². The second-order valence-electron chi connectivity index (χ2n) is 7.20. The molecule has 8 heteroatoms. The van der Waals surface area contributed by atoms with Crippen LogP contribution in [0.2, 0.25) is 0 Å². The lowest BCUT2D eigenvalue weighted by molar-refractivity contribution is 0.0730. The maximum Gasteiger partial charge on any atom is 0.251 e. The van der Waals surface area contributed by atoms with Gasteiger partial charge in [-0.1, -0.05) is 12.5 Å². The Morgan fingerprint density at radius 3 is 2.56 bits per heavy atom. The van der Waals surface area contributed by atoms with Gasteiger partial charge in [0.25, 0.3) is 5.91 Å². The number of likely N-dealkylation sites (tertiary alicyclic amines) is 1. The molecule has 0 radical (unpaired) electrons. The number of carbonyl (C=O) groups is 1. The Balaban J connectivity index is 1.63. The fraction of sp³-hybridized carbons (Fsp3) is 0.632. The van der Waals surface area contributed by atoms with E-state index in [1.807, 2.05) is 0 Å². The third-order valence-electron chi connectivity index (χ3n) is 5.28. The first kappa shape index (κ1) is 20.3. The third-order valence-corrected chi connectivity index (χ3v) is 7.17. The van der Waals surface area contributed by atoms with Crippen LogP contribution in [0.1, 0.15) is 36.5 Å². The minimum Gasteiger partial charge on any atom is -0.379 e. The molecule has 0 saturated carbocycles. The number of carbonyl (C=O) groups excluding carboxylic acids is 1. The van der Waals surface area contributed by atoms with Crippen LogP contribution in [0.4, 0.5) is 0 Å². The number of nitrogens with zero attached hydrogens (tertiary/aromatic N) is 2. The highest BCUT2D eigenvalue weighted by atomic mass is 32.2. The molecule has 0 bridgehead atoms. The Labute approximate surface area is 161 Å². The average Bonchev–Trinajstić information content (AvgIpc) is 2.73. The van der Waals surface area contributed by atoms with Gasteiger partial charge in [0.1, 0.15) is 0 Å². The van der Waals surface area contributed by atoms with E-state index in [1.165, 1.54) is 35.7 Å². The van der Waals surface area contributed by atoms with E-state index >= 15 is 0 Å². The molecule has 2 aliphatic rings. The summed E-state index contributed by atoms with van der Waals surface area (Å²) in [5.74, 6) is -0.238. The van der Waals surface area contributed by atoms with Crippen LogP contribution < -0.4 is 5.32 Å². The van der Waals surface area contributed by atoms with Crippen molar-refractivity contribution in [3.63, 3.8) is 0 Å². The number of hydrogen-bond acceptors (Lipinski definition) is 5. The van der Waals surface area contributed by atoms with Crippen LogP contribution in [-0.2, 0) is 14.8 Å². The van der Waals surface area contributed by atoms with Gasteiger partial charge in [-0.15, -0.1) is 0 Å². The molecule has 2 heterocycles. The van der Waals surface area contributed by atoms with Gasteiger partial charge in [-0.3, -0.25) is 9.69 Å². The van der Waals surface area contributed by atoms with E-state index in [4.69, 9.17) is 4.74 Å². The first-order chi connectivity index (χ1) is 13.0. The smallest absolute Gasteiger partial charge is 0.251 e. The summed E-state index contributed by atoms with van der Waals surface area (Å²) >= 11 is 0. The number of benzene rings is 1. The maximum atomic E-state index is 12.8. The highest BCUT2D eigenvalue weighted by Crippen LogP contribution is 2.18. The normalized spacial score (nSPS) is 20.9. The van der Waals surface area contributed by atoms with E-state index in [2.05, 4.69) is 17.1 Å². The lowest BCUT2D eigenvalue weighted by atomic mass is 10.1.